The molecule has 0 aliphatic carbocycles. The predicted octanol–water partition coefficient (Wildman–Crippen LogP) is 0.322. The third-order valence-electron chi connectivity index (χ3n) is 1.21. The molecule has 5 N–H and O–H groups in total. The fourth-order valence-corrected chi connectivity index (χ4v) is 1.43. The SMILES string of the molecule is Nc1ccc([C@H](N)CO)s1. The van der Waals surface area contributed by atoms with Gasteiger partial charge in [0.1, 0.15) is 0 Å². The van der Waals surface area contributed by atoms with Gasteiger partial charge in [-0.15, -0.1) is 11.3 Å². The van der Waals surface area contributed by atoms with Gasteiger partial charge in [0.25, 0.3) is 0 Å². The summed E-state index contributed by atoms with van der Waals surface area (Å²) < 4.78 is 0. The summed E-state index contributed by atoms with van der Waals surface area (Å²) in [5.74, 6) is 0. The van der Waals surface area contributed by atoms with Gasteiger partial charge < -0.3 is 16.6 Å². The van der Waals surface area contributed by atoms with E-state index in [-0.39, 0.29) is 12.6 Å². The van der Waals surface area contributed by atoms with Crippen LogP contribution in [0.1, 0.15) is 10.9 Å². The lowest BCUT2D eigenvalue weighted by atomic mass is 10.3. The second kappa shape index (κ2) is 3.01. The monoisotopic (exact) mass is 158 g/mol. The van der Waals surface area contributed by atoms with Gasteiger partial charge in [-0.25, -0.2) is 0 Å². The van der Waals surface area contributed by atoms with E-state index in [9.17, 15) is 0 Å². The van der Waals surface area contributed by atoms with Crippen molar-refractivity contribution < 1.29 is 5.11 Å². The molecule has 0 aliphatic heterocycles. The maximum absolute atomic E-state index is 8.64. The molecule has 0 saturated carbocycles. The van der Waals surface area contributed by atoms with Crippen molar-refractivity contribution in [3.63, 3.8) is 0 Å². The molecule has 0 aliphatic rings. The lowest BCUT2D eigenvalue weighted by molar-refractivity contribution is 0.269. The van der Waals surface area contributed by atoms with Crippen molar-refractivity contribution in [2.45, 2.75) is 6.04 Å². The number of hydrogen-bond donors (Lipinski definition) is 3. The van der Waals surface area contributed by atoms with Crippen LogP contribution in [-0.2, 0) is 0 Å². The zero-order valence-electron chi connectivity index (χ0n) is 5.45. The van der Waals surface area contributed by atoms with E-state index in [1.165, 1.54) is 11.3 Å². The molecule has 0 spiro atoms. The van der Waals surface area contributed by atoms with Crippen molar-refractivity contribution in [1.82, 2.24) is 0 Å². The Morgan fingerprint density at radius 2 is 2.30 bits per heavy atom. The third-order valence-corrected chi connectivity index (χ3v) is 2.26. The van der Waals surface area contributed by atoms with Crippen molar-refractivity contribution >= 4 is 16.3 Å². The lowest BCUT2D eigenvalue weighted by Crippen LogP contribution is -2.12. The van der Waals surface area contributed by atoms with Crippen LogP contribution in [0.4, 0.5) is 5.00 Å². The maximum Gasteiger partial charge on any atom is 0.0859 e. The van der Waals surface area contributed by atoms with Gasteiger partial charge in [-0.05, 0) is 12.1 Å². The zero-order chi connectivity index (χ0) is 7.56. The highest BCUT2D eigenvalue weighted by Gasteiger charge is 2.05. The van der Waals surface area contributed by atoms with Crippen LogP contribution in [0.15, 0.2) is 12.1 Å². The summed E-state index contributed by atoms with van der Waals surface area (Å²) >= 11 is 1.41. The van der Waals surface area contributed by atoms with Crippen molar-refractivity contribution in [2.24, 2.45) is 5.73 Å². The van der Waals surface area contributed by atoms with E-state index in [4.69, 9.17) is 16.6 Å². The summed E-state index contributed by atoms with van der Waals surface area (Å²) in [6, 6.07) is 3.35. The van der Waals surface area contributed by atoms with E-state index < -0.39 is 0 Å². The van der Waals surface area contributed by atoms with Gasteiger partial charge >= 0.3 is 0 Å². The molecule has 0 amide bonds. The quantitative estimate of drug-likeness (QED) is 0.580. The van der Waals surface area contributed by atoms with Crippen LogP contribution in [0.3, 0.4) is 0 Å². The molecule has 1 atom stereocenters. The normalized spacial score (nSPS) is 13.4. The van der Waals surface area contributed by atoms with E-state index in [0.29, 0.717) is 0 Å². The average Bonchev–Trinajstić information content (AvgIpc) is 2.34. The van der Waals surface area contributed by atoms with Crippen LogP contribution >= 0.6 is 11.3 Å². The summed E-state index contributed by atoms with van der Waals surface area (Å²) in [4.78, 5) is 0.931. The van der Waals surface area contributed by atoms with Crippen LogP contribution < -0.4 is 11.5 Å². The summed E-state index contributed by atoms with van der Waals surface area (Å²) in [7, 11) is 0. The Kier molecular flexibility index (Phi) is 2.26. The van der Waals surface area contributed by atoms with Crippen LogP contribution in [0.25, 0.3) is 0 Å². The number of nitrogens with two attached hydrogens (primary N) is 2. The molecule has 0 bridgehead atoms. The van der Waals surface area contributed by atoms with Gasteiger partial charge in [0.15, 0.2) is 0 Å². The molecular formula is C6H10N2OS. The van der Waals surface area contributed by atoms with Crippen molar-refractivity contribution in [3.8, 4) is 0 Å². The fraction of sp³-hybridized carbons (Fsp3) is 0.333. The molecule has 1 aromatic rings. The van der Waals surface area contributed by atoms with Gasteiger partial charge in [-0.3, -0.25) is 0 Å². The number of thiophene rings is 1. The molecule has 4 heteroatoms. The minimum Gasteiger partial charge on any atom is -0.394 e. The van der Waals surface area contributed by atoms with Crippen molar-refractivity contribution in [2.75, 3.05) is 12.3 Å². The minimum atomic E-state index is -0.276. The second-order valence-electron chi connectivity index (χ2n) is 2.03. The molecule has 1 heterocycles. The number of hydrogen-bond acceptors (Lipinski definition) is 4. The molecule has 1 rings (SSSR count). The fourth-order valence-electron chi connectivity index (χ4n) is 0.658. The topological polar surface area (TPSA) is 72.3 Å². The molecule has 0 saturated heterocycles. The molecule has 3 nitrogen and oxygen atoms in total. The van der Waals surface area contributed by atoms with Crippen LogP contribution in [-0.4, -0.2) is 11.7 Å². The molecule has 0 aromatic carbocycles. The van der Waals surface area contributed by atoms with E-state index in [0.717, 1.165) is 9.88 Å². The summed E-state index contributed by atoms with van der Waals surface area (Å²) in [5.41, 5.74) is 11.0. The van der Waals surface area contributed by atoms with E-state index in [1.54, 1.807) is 6.07 Å². The first-order valence-electron chi connectivity index (χ1n) is 2.95. The van der Waals surface area contributed by atoms with E-state index >= 15 is 0 Å². The molecule has 0 radical (unpaired) electrons. The van der Waals surface area contributed by atoms with Gasteiger partial charge in [0, 0.05) is 4.88 Å². The predicted molar refractivity (Wildman–Crippen MR) is 42.7 cm³/mol. The Bertz CT molecular complexity index is 211. The number of aliphatic hydroxyl groups excluding tert-OH is 1. The number of anilines is 1. The average molecular weight is 158 g/mol. The molecule has 0 fully saturated rings. The van der Waals surface area contributed by atoms with Gasteiger partial charge in [-0.1, -0.05) is 0 Å². The molecular weight excluding hydrogens is 148 g/mol. The first-order chi connectivity index (χ1) is 4.74. The summed E-state index contributed by atoms with van der Waals surface area (Å²) in [5, 5.41) is 9.37. The zero-order valence-corrected chi connectivity index (χ0v) is 6.27. The third kappa shape index (κ3) is 1.47. The second-order valence-corrected chi connectivity index (χ2v) is 3.18. The highest BCUT2D eigenvalue weighted by molar-refractivity contribution is 7.15. The minimum absolute atomic E-state index is 0.0278. The van der Waals surface area contributed by atoms with Crippen molar-refractivity contribution in [3.05, 3.63) is 17.0 Å². The summed E-state index contributed by atoms with van der Waals surface area (Å²) in [6.45, 7) is -0.0278. The largest absolute Gasteiger partial charge is 0.394 e. The van der Waals surface area contributed by atoms with E-state index in [1.807, 2.05) is 6.07 Å². The summed E-state index contributed by atoms with van der Waals surface area (Å²) in [6.07, 6.45) is 0. The Morgan fingerprint density at radius 1 is 1.60 bits per heavy atom. The number of aliphatic hydroxyl groups is 1. The Morgan fingerprint density at radius 3 is 2.70 bits per heavy atom. The van der Waals surface area contributed by atoms with E-state index in [2.05, 4.69) is 0 Å². The van der Waals surface area contributed by atoms with Gasteiger partial charge in [0.2, 0.25) is 0 Å². The molecule has 1 aromatic heterocycles. The molecule has 10 heavy (non-hydrogen) atoms. The Balaban J connectivity index is 2.74. The smallest absolute Gasteiger partial charge is 0.0859 e. The first kappa shape index (κ1) is 7.53. The number of nitrogen functional groups attached to an aromatic ring is 1. The Hall–Kier alpha value is -0.580. The molecule has 0 unspecified atom stereocenters. The van der Waals surface area contributed by atoms with Crippen LogP contribution in [0.2, 0.25) is 0 Å². The lowest BCUT2D eigenvalue weighted by Gasteiger charge is -2.02. The van der Waals surface area contributed by atoms with Gasteiger partial charge in [-0.2, -0.15) is 0 Å². The first-order valence-corrected chi connectivity index (χ1v) is 3.77. The highest BCUT2D eigenvalue weighted by Crippen LogP contribution is 2.22. The van der Waals surface area contributed by atoms with Crippen molar-refractivity contribution in [1.29, 1.82) is 0 Å². The van der Waals surface area contributed by atoms with Crippen LogP contribution in [0, 0.1) is 0 Å². The number of rotatable bonds is 2. The maximum atomic E-state index is 8.64. The Labute approximate surface area is 63.3 Å². The van der Waals surface area contributed by atoms with Crippen LogP contribution in [0.5, 0.6) is 0 Å². The molecule has 56 valence electrons. The van der Waals surface area contributed by atoms with Gasteiger partial charge in [0.05, 0.1) is 17.6 Å². The standard InChI is InChI=1S/C6H10N2OS/c7-4(3-9)5-1-2-6(8)10-5/h1-2,4,9H,3,7-8H2/t4-/m1/s1. The highest BCUT2D eigenvalue weighted by atomic mass is 32.1.